The molecule has 16 heavy (non-hydrogen) atoms. The summed E-state index contributed by atoms with van der Waals surface area (Å²) in [6.07, 6.45) is 2.83. The minimum absolute atomic E-state index is 0.448. The van der Waals surface area contributed by atoms with Gasteiger partial charge in [0.25, 0.3) is 0 Å². The number of ether oxygens (including phenoxy) is 1. The van der Waals surface area contributed by atoms with Gasteiger partial charge in [0.2, 0.25) is 0 Å². The summed E-state index contributed by atoms with van der Waals surface area (Å²) in [6, 6.07) is 0.448. The Labute approximate surface area is 98.2 Å². The van der Waals surface area contributed by atoms with Crippen molar-refractivity contribution in [1.29, 1.82) is 0 Å². The van der Waals surface area contributed by atoms with Gasteiger partial charge in [0, 0.05) is 35.5 Å². The fraction of sp³-hybridized carbons (Fsp3) is 0.615. The van der Waals surface area contributed by atoms with Crippen LogP contribution < -0.4 is 10.1 Å². The molecule has 0 fully saturated rings. The van der Waals surface area contributed by atoms with E-state index in [1.807, 2.05) is 13.1 Å². The van der Waals surface area contributed by atoms with Gasteiger partial charge in [-0.25, -0.2) is 0 Å². The second-order valence-electron chi connectivity index (χ2n) is 4.21. The van der Waals surface area contributed by atoms with Crippen molar-refractivity contribution in [2.45, 2.75) is 40.2 Å². The number of methoxy groups -OCH3 is 1. The molecule has 1 aromatic rings. The van der Waals surface area contributed by atoms with E-state index in [0.717, 1.165) is 35.5 Å². The van der Waals surface area contributed by atoms with Crippen molar-refractivity contribution >= 4 is 0 Å². The van der Waals surface area contributed by atoms with Crippen molar-refractivity contribution in [3.05, 3.63) is 23.0 Å². The van der Waals surface area contributed by atoms with Gasteiger partial charge in [-0.2, -0.15) is 0 Å². The van der Waals surface area contributed by atoms with E-state index in [0.29, 0.717) is 6.04 Å². The Bertz CT molecular complexity index is 350. The molecule has 0 spiro atoms. The van der Waals surface area contributed by atoms with E-state index in [1.54, 1.807) is 7.11 Å². The minimum atomic E-state index is 0.448. The topological polar surface area (TPSA) is 34.2 Å². The average molecular weight is 222 g/mol. The summed E-state index contributed by atoms with van der Waals surface area (Å²) >= 11 is 0. The van der Waals surface area contributed by atoms with E-state index >= 15 is 0 Å². The van der Waals surface area contributed by atoms with Gasteiger partial charge < -0.3 is 10.1 Å². The third-order valence-corrected chi connectivity index (χ3v) is 2.80. The lowest BCUT2D eigenvalue weighted by molar-refractivity contribution is 0.406. The lowest BCUT2D eigenvalue weighted by atomic mass is 10.1. The molecule has 0 aliphatic carbocycles. The van der Waals surface area contributed by atoms with Crippen LogP contribution in [-0.4, -0.2) is 24.7 Å². The van der Waals surface area contributed by atoms with Crippen LogP contribution in [-0.2, 0) is 6.42 Å². The standard InChI is InChI=1S/C13H22N2O/c1-6-14-10(3)7-12-11(4)13(16-5)9(2)8-15-12/h8,10,14H,6-7H2,1-5H3. The predicted octanol–water partition coefficient (Wildman–Crippen LogP) is 2.25. The highest BCUT2D eigenvalue weighted by atomic mass is 16.5. The van der Waals surface area contributed by atoms with Crippen LogP contribution in [0.4, 0.5) is 0 Å². The minimum Gasteiger partial charge on any atom is -0.496 e. The van der Waals surface area contributed by atoms with Crippen molar-refractivity contribution < 1.29 is 4.74 Å². The number of hydrogen-bond donors (Lipinski definition) is 1. The van der Waals surface area contributed by atoms with Gasteiger partial charge in [-0.05, 0) is 27.3 Å². The first-order valence-corrected chi connectivity index (χ1v) is 5.82. The summed E-state index contributed by atoms with van der Waals surface area (Å²) < 4.78 is 5.40. The summed E-state index contributed by atoms with van der Waals surface area (Å²) in [5.74, 6) is 0.966. The predicted molar refractivity (Wildman–Crippen MR) is 67.1 cm³/mol. The van der Waals surface area contributed by atoms with Crippen LogP contribution in [0.1, 0.15) is 30.7 Å². The maximum atomic E-state index is 5.40. The fourth-order valence-corrected chi connectivity index (χ4v) is 1.99. The first-order valence-electron chi connectivity index (χ1n) is 5.82. The number of aryl methyl sites for hydroxylation is 1. The van der Waals surface area contributed by atoms with Crippen molar-refractivity contribution in [2.24, 2.45) is 0 Å². The van der Waals surface area contributed by atoms with Gasteiger partial charge in [-0.15, -0.1) is 0 Å². The summed E-state index contributed by atoms with van der Waals surface area (Å²) in [5.41, 5.74) is 3.38. The molecule has 0 aromatic carbocycles. The molecule has 3 heteroatoms. The number of nitrogens with one attached hydrogen (secondary N) is 1. The van der Waals surface area contributed by atoms with E-state index < -0.39 is 0 Å². The Morgan fingerprint density at radius 1 is 1.44 bits per heavy atom. The number of likely N-dealkylation sites (N-methyl/N-ethyl adjacent to an activating group) is 1. The van der Waals surface area contributed by atoms with E-state index in [1.165, 1.54) is 0 Å². The smallest absolute Gasteiger partial charge is 0.128 e. The van der Waals surface area contributed by atoms with Crippen LogP contribution in [0.2, 0.25) is 0 Å². The van der Waals surface area contributed by atoms with Crippen molar-refractivity contribution in [2.75, 3.05) is 13.7 Å². The van der Waals surface area contributed by atoms with Gasteiger partial charge >= 0.3 is 0 Å². The van der Waals surface area contributed by atoms with Gasteiger partial charge in [-0.3, -0.25) is 4.98 Å². The molecule has 0 saturated heterocycles. The Balaban J connectivity index is 2.89. The monoisotopic (exact) mass is 222 g/mol. The van der Waals surface area contributed by atoms with Crippen LogP contribution in [0.25, 0.3) is 0 Å². The average Bonchev–Trinajstić information content (AvgIpc) is 2.23. The molecule has 0 saturated carbocycles. The number of rotatable bonds is 5. The first-order chi connectivity index (χ1) is 7.60. The molecule has 0 radical (unpaired) electrons. The third kappa shape index (κ3) is 2.95. The normalized spacial score (nSPS) is 12.6. The second-order valence-corrected chi connectivity index (χ2v) is 4.21. The highest BCUT2D eigenvalue weighted by molar-refractivity contribution is 5.41. The summed E-state index contributed by atoms with van der Waals surface area (Å²) in [7, 11) is 1.72. The fourth-order valence-electron chi connectivity index (χ4n) is 1.99. The summed E-state index contributed by atoms with van der Waals surface area (Å²) in [6.45, 7) is 9.38. The summed E-state index contributed by atoms with van der Waals surface area (Å²) in [5, 5.41) is 3.39. The quantitative estimate of drug-likeness (QED) is 0.829. The van der Waals surface area contributed by atoms with Crippen molar-refractivity contribution in [3.63, 3.8) is 0 Å². The van der Waals surface area contributed by atoms with Crippen LogP contribution in [0.15, 0.2) is 6.20 Å². The highest BCUT2D eigenvalue weighted by Gasteiger charge is 2.11. The zero-order chi connectivity index (χ0) is 12.1. The number of nitrogens with zero attached hydrogens (tertiary/aromatic N) is 1. The van der Waals surface area contributed by atoms with Gasteiger partial charge in [-0.1, -0.05) is 6.92 Å². The van der Waals surface area contributed by atoms with Crippen molar-refractivity contribution in [3.8, 4) is 5.75 Å². The molecule has 3 nitrogen and oxygen atoms in total. The van der Waals surface area contributed by atoms with E-state index in [-0.39, 0.29) is 0 Å². The van der Waals surface area contributed by atoms with Crippen LogP contribution in [0.3, 0.4) is 0 Å². The summed E-state index contributed by atoms with van der Waals surface area (Å²) in [4.78, 5) is 4.49. The van der Waals surface area contributed by atoms with Gasteiger partial charge in [0.15, 0.2) is 0 Å². The third-order valence-electron chi connectivity index (χ3n) is 2.80. The Morgan fingerprint density at radius 3 is 2.69 bits per heavy atom. The molecular weight excluding hydrogens is 200 g/mol. The van der Waals surface area contributed by atoms with Crippen LogP contribution in [0.5, 0.6) is 5.75 Å². The highest BCUT2D eigenvalue weighted by Crippen LogP contribution is 2.24. The maximum Gasteiger partial charge on any atom is 0.128 e. The molecule has 0 amide bonds. The molecule has 1 aromatic heterocycles. The second kappa shape index (κ2) is 5.85. The van der Waals surface area contributed by atoms with Crippen molar-refractivity contribution in [1.82, 2.24) is 10.3 Å². The largest absolute Gasteiger partial charge is 0.496 e. The van der Waals surface area contributed by atoms with Crippen LogP contribution in [0, 0.1) is 13.8 Å². The molecule has 1 rings (SSSR count). The molecule has 1 heterocycles. The molecule has 90 valence electrons. The Kier molecular flexibility index (Phi) is 4.74. The number of hydrogen-bond acceptors (Lipinski definition) is 3. The Morgan fingerprint density at radius 2 is 2.12 bits per heavy atom. The van der Waals surface area contributed by atoms with E-state index in [4.69, 9.17) is 4.74 Å². The van der Waals surface area contributed by atoms with Crippen LogP contribution >= 0.6 is 0 Å². The number of pyridine rings is 1. The molecule has 1 unspecified atom stereocenters. The zero-order valence-corrected chi connectivity index (χ0v) is 10.9. The van der Waals surface area contributed by atoms with Gasteiger partial charge in [0.05, 0.1) is 7.11 Å². The van der Waals surface area contributed by atoms with E-state index in [2.05, 4.69) is 31.1 Å². The van der Waals surface area contributed by atoms with Gasteiger partial charge in [0.1, 0.15) is 5.75 Å². The molecule has 0 aliphatic heterocycles. The first kappa shape index (κ1) is 13.0. The molecule has 0 aliphatic rings. The zero-order valence-electron chi connectivity index (χ0n) is 10.9. The van der Waals surface area contributed by atoms with E-state index in [9.17, 15) is 0 Å². The maximum absolute atomic E-state index is 5.40. The molecular formula is C13H22N2O. The molecule has 0 bridgehead atoms. The number of aromatic nitrogens is 1. The molecule has 1 N–H and O–H groups in total. The SMILES string of the molecule is CCNC(C)Cc1ncc(C)c(OC)c1C. The Hall–Kier alpha value is -1.09. The lowest BCUT2D eigenvalue weighted by Crippen LogP contribution is -2.28. The lowest BCUT2D eigenvalue weighted by Gasteiger charge is -2.16. The molecule has 1 atom stereocenters.